The van der Waals surface area contributed by atoms with Crippen molar-refractivity contribution in [3.8, 4) is 0 Å². The number of rotatable bonds is 4. The molecule has 6 heteroatoms. The highest BCUT2D eigenvalue weighted by Gasteiger charge is 2.44. The van der Waals surface area contributed by atoms with Crippen molar-refractivity contribution in [2.75, 3.05) is 6.26 Å². The van der Waals surface area contributed by atoms with Gasteiger partial charge in [-0.05, 0) is 30.7 Å². The first-order valence-electron chi connectivity index (χ1n) is 4.91. The molecule has 0 amide bonds. The van der Waals surface area contributed by atoms with Gasteiger partial charge < -0.3 is 0 Å². The maximum Gasteiger partial charge on any atom is 0.207 e. The van der Waals surface area contributed by atoms with E-state index in [9.17, 15) is 17.6 Å². The minimum Gasteiger partial charge on any atom is -0.291 e. The molecule has 0 unspecified atom stereocenters. The third kappa shape index (κ3) is 2.66. The summed E-state index contributed by atoms with van der Waals surface area (Å²) in [5.74, 6) is -1.23. The Balaban J connectivity index is 3.24. The zero-order valence-corrected chi connectivity index (χ0v) is 11.0. The van der Waals surface area contributed by atoms with Crippen molar-refractivity contribution in [1.29, 1.82) is 0 Å². The van der Waals surface area contributed by atoms with Crippen LogP contribution >= 0.6 is 11.6 Å². The van der Waals surface area contributed by atoms with Gasteiger partial charge in [-0.1, -0.05) is 18.5 Å². The summed E-state index contributed by atoms with van der Waals surface area (Å²) < 4.78 is 33.8. The Labute approximate surface area is 105 Å². The molecule has 1 aromatic rings. The van der Waals surface area contributed by atoms with E-state index in [0.29, 0.717) is 0 Å². The van der Waals surface area contributed by atoms with Gasteiger partial charge in [0.2, 0.25) is 4.21 Å². The lowest BCUT2D eigenvalue weighted by Gasteiger charge is -2.21. The number of ketones is 1. The lowest BCUT2D eigenvalue weighted by atomic mass is 10.1. The lowest BCUT2D eigenvalue weighted by Crippen LogP contribution is -2.40. The predicted molar refractivity (Wildman–Crippen MR) is 64.4 cm³/mol. The summed E-state index contributed by atoms with van der Waals surface area (Å²) in [6.07, 6.45) is 0.856. The summed E-state index contributed by atoms with van der Waals surface area (Å²) in [7, 11) is -3.75. The van der Waals surface area contributed by atoms with Gasteiger partial charge in [0.25, 0.3) is 0 Å². The maximum atomic E-state index is 12.7. The average Bonchev–Trinajstić information content (AvgIpc) is 2.26. The van der Waals surface area contributed by atoms with Crippen molar-refractivity contribution in [2.24, 2.45) is 0 Å². The fraction of sp³-hybridized carbons (Fsp3) is 0.364. The monoisotopic (exact) mass is 278 g/mol. The molecule has 0 spiro atoms. The second-order valence-electron chi connectivity index (χ2n) is 3.69. The van der Waals surface area contributed by atoms with Crippen molar-refractivity contribution in [1.82, 2.24) is 0 Å². The number of Topliss-reactive ketones (excluding diaryl/α,β-unsaturated/α-hetero) is 1. The van der Waals surface area contributed by atoms with Gasteiger partial charge in [0, 0.05) is 11.8 Å². The minimum absolute atomic E-state index is 0.0520. The molecule has 94 valence electrons. The summed E-state index contributed by atoms with van der Waals surface area (Å²) in [6, 6.07) is 4.61. The molecule has 0 aromatic heterocycles. The van der Waals surface area contributed by atoms with Crippen LogP contribution in [0.4, 0.5) is 4.39 Å². The van der Waals surface area contributed by atoms with E-state index in [1.165, 1.54) is 19.1 Å². The van der Waals surface area contributed by atoms with Crippen LogP contribution < -0.4 is 0 Å². The van der Waals surface area contributed by atoms with Gasteiger partial charge in [-0.25, -0.2) is 12.8 Å². The Kier molecular flexibility index (Phi) is 3.94. The normalized spacial score (nSPS) is 15.3. The Bertz CT molecular complexity index is 524. The van der Waals surface area contributed by atoms with Gasteiger partial charge in [0.1, 0.15) is 5.82 Å². The Morgan fingerprint density at radius 3 is 2.18 bits per heavy atom. The number of sulfone groups is 1. The highest BCUT2D eigenvalue weighted by atomic mass is 35.5. The van der Waals surface area contributed by atoms with Crippen LogP contribution in [0.25, 0.3) is 0 Å². The van der Waals surface area contributed by atoms with E-state index in [4.69, 9.17) is 11.6 Å². The van der Waals surface area contributed by atoms with E-state index >= 15 is 0 Å². The molecule has 0 aliphatic carbocycles. The number of hydrogen-bond donors (Lipinski definition) is 0. The summed E-state index contributed by atoms with van der Waals surface area (Å²) in [5.41, 5.74) is 0.0775. The van der Waals surface area contributed by atoms with Crippen molar-refractivity contribution >= 4 is 27.2 Å². The maximum absolute atomic E-state index is 12.7. The van der Waals surface area contributed by atoms with Gasteiger partial charge >= 0.3 is 0 Å². The highest BCUT2D eigenvalue weighted by molar-refractivity contribution is 7.94. The molecule has 1 atom stereocenters. The van der Waals surface area contributed by atoms with E-state index in [0.717, 1.165) is 18.4 Å². The minimum atomic E-state index is -3.75. The van der Waals surface area contributed by atoms with Gasteiger partial charge in [0.05, 0.1) is 0 Å². The molecule has 0 bridgehead atoms. The molecule has 0 saturated carbocycles. The van der Waals surface area contributed by atoms with Crippen LogP contribution in [0.1, 0.15) is 23.7 Å². The third-order valence-electron chi connectivity index (χ3n) is 2.49. The summed E-state index contributed by atoms with van der Waals surface area (Å²) >= 11 is 5.89. The van der Waals surface area contributed by atoms with E-state index in [2.05, 4.69) is 0 Å². The molecule has 0 radical (unpaired) electrons. The van der Waals surface area contributed by atoms with Gasteiger partial charge in [-0.15, -0.1) is 0 Å². The third-order valence-corrected chi connectivity index (χ3v) is 5.42. The Morgan fingerprint density at radius 2 is 1.82 bits per heavy atom. The first-order chi connectivity index (χ1) is 7.72. The van der Waals surface area contributed by atoms with E-state index in [-0.39, 0.29) is 12.0 Å². The van der Waals surface area contributed by atoms with Crippen molar-refractivity contribution < 1.29 is 17.6 Å². The largest absolute Gasteiger partial charge is 0.291 e. The average molecular weight is 279 g/mol. The summed E-state index contributed by atoms with van der Waals surface area (Å²) in [6.45, 7) is 1.51. The number of alkyl halides is 1. The Hall–Kier alpha value is -0.940. The second kappa shape index (κ2) is 4.74. The molecule has 1 aromatic carbocycles. The van der Waals surface area contributed by atoms with Crippen molar-refractivity contribution in [3.05, 3.63) is 35.6 Å². The zero-order chi connectivity index (χ0) is 13.3. The topological polar surface area (TPSA) is 51.2 Å². The fourth-order valence-electron chi connectivity index (χ4n) is 1.41. The molecule has 0 aliphatic heterocycles. The van der Waals surface area contributed by atoms with E-state index < -0.39 is 25.6 Å². The van der Waals surface area contributed by atoms with Gasteiger partial charge in [0.15, 0.2) is 15.6 Å². The summed E-state index contributed by atoms with van der Waals surface area (Å²) in [5, 5.41) is 0. The van der Waals surface area contributed by atoms with Crippen LogP contribution in [-0.2, 0) is 9.84 Å². The van der Waals surface area contributed by atoms with Gasteiger partial charge in [-0.2, -0.15) is 0 Å². The van der Waals surface area contributed by atoms with E-state index in [1.54, 1.807) is 0 Å². The first-order valence-corrected chi connectivity index (χ1v) is 7.18. The number of benzene rings is 1. The predicted octanol–water partition coefficient (Wildman–Crippen LogP) is 2.40. The molecular weight excluding hydrogens is 267 g/mol. The molecule has 1 rings (SSSR count). The smallest absolute Gasteiger partial charge is 0.207 e. The second-order valence-corrected chi connectivity index (χ2v) is 6.80. The fourth-order valence-corrected chi connectivity index (χ4v) is 2.50. The zero-order valence-electron chi connectivity index (χ0n) is 9.41. The number of hydrogen-bond acceptors (Lipinski definition) is 3. The molecule has 0 saturated heterocycles. The van der Waals surface area contributed by atoms with Crippen molar-refractivity contribution in [3.63, 3.8) is 0 Å². The first kappa shape index (κ1) is 14.1. The molecule has 0 N–H and O–H groups in total. The quantitative estimate of drug-likeness (QED) is 0.628. The SMILES string of the molecule is CC[C@@](Cl)(C(=O)c1ccc(F)cc1)S(C)(=O)=O. The molecular formula is C11H12ClFO3S. The van der Waals surface area contributed by atoms with Crippen LogP contribution in [0, 0.1) is 5.82 Å². The summed E-state index contributed by atoms with van der Waals surface area (Å²) in [4.78, 5) is 12.0. The van der Waals surface area contributed by atoms with Crippen molar-refractivity contribution in [2.45, 2.75) is 17.6 Å². The molecule has 0 heterocycles. The van der Waals surface area contributed by atoms with Crippen LogP contribution in [0.5, 0.6) is 0 Å². The van der Waals surface area contributed by atoms with Gasteiger partial charge in [-0.3, -0.25) is 4.79 Å². The van der Waals surface area contributed by atoms with Crippen LogP contribution in [0.15, 0.2) is 24.3 Å². The standard InChI is InChI=1S/C11H12ClFO3S/c1-3-11(12,17(2,15)16)10(14)8-4-6-9(13)7-5-8/h4-7H,3H2,1-2H3/t11-/m0/s1. The molecule has 3 nitrogen and oxygen atoms in total. The lowest BCUT2D eigenvalue weighted by molar-refractivity contribution is 0.0970. The van der Waals surface area contributed by atoms with Crippen LogP contribution in [0.3, 0.4) is 0 Å². The Morgan fingerprint density at radius 1 is 1.35 bits per heavy atom. The van der Waals surface area contributed by atoms with Crippen LogP contribution in [-0.4, -0.2) is 24.7 Å². The van der Waals surface area contributed by atoms with E-state index in [1.807, 2.05) is 0 Å². The number of halogens is 2. The molecule has 17 heavy (non-hydrogen) atoms. The molecule has 0 aliphatic rings. The molecule has 0 fully saturated rings. The number of carbonyl (C=O) groups excluding carboxylic acids is 1. The highest BCUT2D eigenvalue weighted by Crippen LogP contribution is 2.30. The number of carbonyl (C=O) groups is 1. The van der Waals surface area contributed by atoms with Crippen LogP contribution in [0.2, 0.25) is 0 Å².